The number of anilines is 3. The van der Waals surface area contributed by atoms with Crippen molar-refractivity contribution < 1.29 is 9.47 Å². The van der Waals surface area contributed by atoms with Crippen LogP contribution >= 0.6 is 0 Å². The number of hydrogen-bond donors (Lipinski definition) is 0. The molecule has 0 atom stereocenters. The summed E-state index contributed by atoms with van der Waals surface area (Å²) in [7, 11) is 0. The predicted octanol–water partition coefficient (Wildman–Crippen LogP) is 17.2. The van der Waals surface area contributed by atoms with Crippen molar-refractivity contribution >= 4 is 38.9 Å². The molecule has 2 spiro atoms. The molecule has 336 valence electrons. The van der Waals surface area contributed by atoms with Crippen LogP contribution in [0.2, 0.25) is 0 Å². The molecule has 2 aliphatic heterocycles. The van der Waals surface area contributed by atoms with Gasteiger partial charge >= 0.3 is 0 Å². The summed E-state index contributed by atoms with van der Waals surface area (Å²) in [5.41, 5.74) is 19.8. The number of fused-ring (bicyclic) bond motifs is 21. The maximum atomic E-state index is 6.78. The molecule has 3 heterocycles. The van der Waals surface area contributed by atoms with E-state index in [9.17, 15) is 0 Å². The maximum absolute atomic E-state index is 6.78. The first-order chi connectivity index (χ1) is 35.7. The van der Waals surface area contributed by atoms with E-state index in [-0.39, 0.29) is 0 Å². The van der Waals surface area contributed by atoms with Crippen LogP contribution in [-0.2, 0) is 10.8 Å². The van der Waals surface area contributed by atoms with E-state index in [0.717, 1.165) is 73.5 Å². The van der Waals surface area contributed by atoms with Gasteiger partial charge in [0.1, 0.15) is 23.0 Å². The molecule has 0 saturated carbocycles. The lowest BCUT2D eigenvalue weighted by Gasteiger charge is -2.40. The lowest BCUT2D eigenvalue weighted by Crippen LogP contribution is -2.32. The number of ether oxygens (including phenoxy) is 2. The average Bonchev–Trinajstić information content (AvgIpc) is 4.04. The van der Waals surface area contributed by atoms with Crippen LogP contribution in [0.15, 0.2) is 255 Å². The Morgan fingerprint density at radius 1 is 0.278 bits per heavy atom. The molecule has 72 heavy (non-hydrogen) atoms. The van der Waals surface area contributed by atoms with E-state index in [0.29, 0.717) is 0 Å². The van der Waals surface area contributed by atoms with Crippen LogP contribution in [-0.4, -0.2) is 4.57 Å². The Morgan fingerprint density at radius 2 is 0.653 bits per heavy atom. The van der Waals surface area contributed by atoms with Gasteiger partial charge in [-0.25, -0.2) is 0 Å². The molecule has 4 heteroatoms. The lowest BCUT2D eigenvalue weighted by atomic mass is 9.66. The number of aromatic nitrogens is 1. The summed E-state index contributed by atoms with van der Waals surface area (Å²) < 4.78 is 16.0. The normalized spacial score (nSPS) is 14.3. The Morgan fingerprint density at radius 3 is 1.17 bits per heavy atom. The summed E-state index contributed by atoms with van der Waals surface area (Å²) in [5, 5.41) is 2.42. The molecule has 4 aliphatic rings. The van der Waals surface area contributed by atoms with Crippen LogP contribution in [0.25, 0.3) is 49.7 Å². The zero-order chi connectivity index (χ0) is 47.1. The average molecular weight is 919 g/mol. The highest BCUT2D eigenvalue weighted by Crippen LogP contribution is 2.65. The van der Waals surface area contributed by atoms with Gasteiger partial charge in [0.15, 0.2) is 0 Å². The van der Waals surface area contributed by atoms with Gasteiger partial charge in [-0.15, -0.1) is 0 Å². The summed E-state index contributed by atoms with van der Waals surface area (Å²) in [5.74, 6) is 3.50. The van der Waals surface area contributed by atoms with Crippen molar-refractivity contribution in [3.63, 3.8) is 0 Å². The zero-order valence-electron chi connectivity index (χ0n) is 39.0. The monoisotopic (exact) mass is 918 g/mol. The zero-order valence-corrected chi connectivity index (χ0v) is 39.0. The standard InChI is InChI=1S/C68H42N2O2/c1-2-18-43(19-3-1)70-61-29-13-6-22-51(61)52-39-36-46(42-62(52)70)69(44-34-37-49-47-20-4-7-23-53(47)67(59(49)40-44)55-25-9-14-30-63(55)71-64-31-15-10-26-56(64)67)45-35-38-50-48-21-5-8-24-54(48)68(60(50)41-45)57-27-11-16-32-65(57)72-66-33-17-12-28-58(66)68/h1-42H. The summed E-state index contributed by atoms with van der Waals surface area (Å²) in [4.78, 5) is 2.49. The Kier molecular flexibility index (Phi) is 7.99. The maximum Gasteiger partial charge on any atom is 0.132 e. The molecular weight excluding hydrogens is 877 g/mol. The van der Waals surface area contributed by atoms with E-state index in [2.05, 4.69) is 264 Å². The number of rotatable bonds is 4. The molecule has 0 radical (unpaired) electrons. The summed E-state index contributed by atoms with van der Waals surface area (Å²) in [6, 6.07) is 93.3. The molecule has 0 unspecified atom stereocenters. The fourth-order valence-corrected chi connectivity index (χ4v) is 13.4. The van der Waals surface area contributed by atoms with Gasteiger partial charge < -0.3 is 18.9 Å². The summed E-state index contributed by atoms with van der Waals surface area (Å²) in [6.07, 6.45) is 0. The van der Waals surface area contributed by atoms with Crippen LogP contribution in [0.3, 0.4) is 0 Å². The van der Waals surface area contributed by atoms with Crippen molar-refractivity contribution in [3.05, 3.63) is 299 Å². The van der Waals surface area contributed by atoms with Crippen LogP contribution in [0.4, 0.5) is 17.1 Å². The van der Waals surface area contributed by atoms with Gasteiger partial charge in [-0.2, -0.15) is 0 Å². The van der Waals surface area contributed by atoms with Gasteiger partial charge in [0.25, 0.3) is 0 Å². The highest BCUT2D eigenvalue weighted by Gasteiger charge is 2.53. The van der Waals surface area contributed by atoms with Crippen molar-refractivity contribution in [1.82, 2.24) is 4.57 Å². The molecule has 1 aromatic heterocycles. The molecule has 12 aromatic rings. The van der Waals surface area contributed by atoms with E-state index in [1.165, 1.54) is 60.8 Å². The first kappa shape index (κ1) is 39.5. The van der Waals surface area contributed by atoms with E-state index in [1.807, 2.05) is 0 Å². The van der Waals surface area contributed by atoms with Gasteiger partial charge in [-0.05, 0) is 123 Å². The van der Waals surface area contributed by atoms with Crippen LogP contribution in [0.5, 0.6) is 23.0 Å². The quantitative estimate of drug-likeness (QED) is 0.176. The first-order valence-corrected chi connectivity index (χ1v) is 24.8. The molecule has 0 saturated heterocycles. The Balaban J connectivity index is 1.00. The van der Waals surface area contributed by atoms with Gasteiger partial charge in [-0.1, -0.05) is 176 Å². The lowest BCUT2D eigenvalue weighted by molar-refractivity contribution is 0.436. The SMILES string of the molecule is c1ccc(-n2c3ccccc3c3ccc(N(c4ccc5c(c4)C4(c6ccccc6Oc6ccccc64)c4ccccc4-5)c4ccc5c(c4)C4(c6ccccc6Oc6ccccc64)c4ccccc4-5)cc32)cc1. The van der Waals surface area contributed by atoms with E-state index in [1.54, 1.807) is 0 Å². The Hall–Kier alpha value is -9.38. The second-order valence-electron chi connectivity index (χ2n) is 19.5. The van der Waals surface area contributed by atoms with Crippen molar-refractivity contribution in [2.45, 2.75) is 10.8 Å². The van der Waals surface area contributed by atoms with Crippen LogP contribution < -0.4 is 14.4 Å². The molecule has 2 aliphatic carbocycles. The predicted molar refractivity (Wildman–Crippen MR) is 290 cm³/mol. The van der Waals surface area contributed by atoms with Crippen molar-refractivity contribution in [2.24, 2.45) is 0 Å². The highest BCUT2D eigenvalue weighted by atomic mass is 16.5. The molecule has 16 rings (SSSR count). The minimum absolute atomic E-state index is 0.637. The molecule has 0 N–H and O–H groups in total. The molecular formula is C68H42N2O2. The second kappa shape index (κ2) is 14.6. The third kappa shape index (κ3) is 5.05. The third-order valence-corrected chi connectivity index (χ3v) is 16.1. The fraction of sp³-hybridized carbons (Fsp3) is 0.0294. The fourth-order valence-electron chi connectivity index (χ4n) is 13.4. The smallest absolute Gasteiger partial charge is 0.132 e. The summed E-state index contributed by atoms with van der Waals surface area (Å²) in [6.45, 7) is 0. The van der Waals surface area contributed by atoms with Crippen molar-refractivity contribution in [1.29, 1.82) is 0 Å². The third-order valence-electron chi connectivity index (χ3n) is 16.1. The number of hydrogen-bond acceptors (Lipinski definition) is 3. The largest absolute Gasteiger partial charge is 0.457 e. The first-order valence-electron chi connectivity index (χ1n) is 24.8. The number of nitrogens with zero attached hydrogens (tertiary/aromatic N) is 2. The number of para-hydroxylation sites is 6. The van der Waals surface area contributed by atoms with E-state index < -0.39 is 10.8 Å². The van der Waals surface area contributed by atoms with E-state index >= 15 is 0 Å². The van der Waals surface area contributed by atoms with Crippen molar-refractivity contribution in [2.75, 3.05) is 4.90 Å². The minimum atomic E-state index is -0.637. The topological polar surface area (TPSA) is 26.6 Å². The van der Waals surface area contributed by atoms with Gasteiger partial charge in [-0.3, -0.25) is 0 Å². The van der Waals surface area contributed by atoms with E-state index in [4.69, 9.17) is 9.47 Å². The Bertz CT molecular complexity index is 3970. The molecule has 0 amide bonds. The highest BCUT2D eigenvalue weighted by molar-refractivity contribution is 6.10. The van der Waals surface area contributed by atoms with Crippen LogP contribution in [0.1, 0.15) is 44.5 Å². The van der Waals surface area contributed by atoms with Gasteiger partial charge in [0.2, 0.25) is 0 Å². The van der Waals surface area contributed by atoms with Crippen molar-refractivity contribution in [3.8, 4) is 50.9 Å². The number of benzene rings is 11. The summed E-state index contributed by atoms with van der Waals surface area (Å²) >= 11 is 0. The molecule has 11 aromatic carbocycles. The van der Waals surface area contributed by atoms with Gasteiger partial charge in [0.05, 0.1) is 21.9 Å². The molecule has 0 bridgehead atoms. The van der Waals surface area contributed by atoms with Crippen LogP contribution in [0, 0.1) is 0 Å². The molecule has 0 fully saturated rings. The Labute approximate surface area is 416 Å². The second-order valence-corrected chi connectivity index (χ2v) is 19.5. The van der Waals surface area contributed by atoms with Gasteiger partial charge in [0, 0.05) is 55.8 Å². The minimum Gasteiger partial charge on any atom is -0.457 e. The molecule has 4 nitrogen and oxygen atoms in total.